The van der Waals surface area contributed by atoms with E-state index in [0.717, 1.165) is 100 Å². The van der Waals surface area contributed by atoms with E-state index in [4.69, 9.17) is 14.2 Å². The van der Waals surface area contributed by atoms with Gasteiger partial charge in [0.15, 0.2) is 12.6 Å². The van der Waals surface area contributed by atoms with Crippen molar-refractivity contribution in [2.75, 3.05) is 13.2 Å². The van der Waals surface area contributed by atoms with Crippen molar-refractivity contribution in [3.63, 3.8) is 0 Å². The van der Waals surface area contributed by atoms with Crippen LogP contribution in [0.2, 0.25) is 0 Å². The lowest BCUT2D eigenvalue weighted by molar-refractivity contribution is -0.250. The highest BCUT2D eigenvalue weighted by molar-refractivity contribution is 4.71. The maximum atomic E-state index is 9.73. The van der Waals surface area contributed by atoms with E-state index in [1.54, 1.807) is 0 Å². The van der Waals surface area contributed by atoms with Crippen LogP contribution >= 0.6 is 0 Å². The van der Waals surface area contributed by atoms with E-state index in [0.29, 0.717) is 23.7 Å². The molecule has 0 aromatic rings. The van der Waals surface area contributed by atoms with Gasteiger partial charge >= 0.3 is 0 Å². The summed E-state index contributed by atoms with van der Waals surface area (Å²) in [6.07, 6.45) is 19.9. The molecule has 14 atom stereocenters. The van der Waals surface area contributed by atoms with Crippen LogP contribution in [0.15, 0.2) is 0 Å². The molecule has 2 N–H and O–H groups in total. The second-order valence-corrected chi connectivity index (χ2v) is 19.7. The largest absolute Gasteiger partial charge is 0.393 e. The number of aliphatic hydroxyl groups excluding tert-OH is 2. The number of ether oxygens (including phenoxy) is 3. The third-order valence-corrected chi connectivity index (χ3v) is 11.5. The molecule has 0 heterocycles. The van der Waals surface area contributed by atoms with Crippen molar-refractivity contribution >= 4 is 0 Å². The minimum atomic E-state index is -0.188. The monoisotopic (exact) mass is 755 g/mol. The van der Waals surface area contributed by atoms with Crippen molar-refractivity contribution in [2.45, 2.75) is 237 Å². The van der Waals surface area contributed by atoms with E-state index < -0.39 is 0 Å². The Labute approximate surface area is 333 Å². The first kappa shape index (κ1) is 52.8. The maximum absolute atomic E-state index is 9.73. The second-order valence-electron chi connectivity index (χ2n) is 19.7. The first-order valence-corrected chi connectivity index (χ1v) is 23.2. The van der Waals surface area contributed by atoms with Gasteiger partial charge in [-0.3, -0.25) is 0 Å². The Morgan fingerprint density at radius 1 is 0.340 bits per heavy atom. The van der Waals surface area contributed by atoms with Crippen LogP contribution in [0, 0.1) is 59.2 Å². The van der Waals surface area contributed by atoms with Gasteiger partial charge in [-0.05, 0) is 176 Å². The molecule has 0 rings (SSSR count). The zero-order valence-corrected chi connectivity index (χ0v) is 38.3. The molecule has 0 saturated carbocycles. The molecule has 0 saturated heterocycles. The summed E-state index contributed by atoms with van der Waals surface area (Å²) >= 11 is 0. The fourth-order valence-electron chi connectivity index (χ4n) is 9.98. The summed E-state index contributed by atoms with van der Waals surface area (Å²) in [5.41, 5.74) is 0. The third-order valence-electron chi connectivity index (χ3n) is 11.5. The van der Waals surface area contributed by atoms with Gasteiger partial charge in [0, 0.05) is 13.2 Å². The normalized spacial score (nSPS) is 20.4. The molecule has 0 radical (unpaired) electrons. The molecule has 0 aliphatic carbocycles. The van der Waals surface area contributed by atoms with E-state index in [9.17, 15) is 10.2 Å². The van der Waals surface area contributed by atoms with Crippen LogP contribution < -0.4 is 0 Å². The van der Waals surface area contributed by atoms with Gasteiger partial charge in [-0.2, -0.15) is 0 Å². The van der Waals surface area contributed by atoms with Crippen LogP contribution in [0.5, 0.6) is 0 Å². The highest BCUT2D eigenvalue weighted by atomic mass is 16.8. The predicted molar refractivity (Wildman–Crippen MR) is 230 cm³/mol. The molecule has 0 aromatic carbocycles. The Kier molecular flexibility index (Phi) is 31.7. The summed E-state index contributed by atoms with van der Waals surface area (Å²) in [5.74, 6) is 7.05. The highest BCUT2D eigenvalue weighted by Gasteiger charge is 2.22. The molecular weight excluding hydrogens is 657 g/mol. The minimum Gasteiger partial charge on any atom is -0.393 e. The molecule has 0 bridgehead atoms. The number of aliphatic hydroxyl groups is 2. The molecular formula is C48H98O5. The van der Waals surface area contributed by atoms with Crippen molar-refractivity contribution in [2.24, 2.45) is 59.2 Å². The van der Waals surface area contributed by atoms with E-state index in [2.05, 4.69) is 83.1 Å². The van der Waals surface area contributed by atoms with Crippen LogP contribution in [0.25, 0.3) is 0 Å². The summed E-state index contributed by atoms with van der Waals surface area (Å²) in [6, 6.07) is 0. The quantitative estimate of drug-likeness (QED) is 0.0624. The van der Waals surface area contributed by atoms with Gasteiger partial charge in [0.2, 0.25) is 0 Å². The van der Waals surface area contributed by atoms with Gasteiger partial charge in [0.05, 0.1) is 12.2 Å². The van der Waals surface area contributed by atoms with Crippen LogP contribution in [-0.4, -0.2) is 48.2 Å². The topological polar surface area (TPSA) is 68.2 Å². The van der Waals surface area contributed by atoms with Crippen LogP contribution in [-0.2, 0) is 14.2 Å². The summed E-state index contributed by atoms with van der Waals surface area (Å²) in [7, 11) is 0. The highest BCUT2D eigenvalue weighted by Crippen LogP contribution is 2.31. The lowest BCUT2D eigenvalue weighted by Crippen LogP contribution is -2.28. The third kappa shape index (κ3) is 31.6. The average molecular weight is 755 g/mol. The smallest absolute Gasteiger partial charge is 0.160 e. The summed E-state index contributed by atoms with van der Waals surface area (Å²) in [6.45, 7) is 33.7. The van der Waals surface area contributed by atoms with Crippen LogP contribution in [0.4, 0.5) is 0 Å². The zero-order chi connectivity index (χ0) is 40.3. The van der Waals surface area contributed by atoms with Gasteiger partial charge in [-0.25, -0.2) is 0 Å². The van der Waals surface area contributed by atoms with Crippen LogP contribution in [0.1, 0.15) is 213 Å². The molecule has 0 fully saturated rings. The Morgan fingerprint density at radius 3 is 0.830 bits per heavy atom. The summed E-state index contributed by atoms with van der Waals surface area (Å²) in [5, 5.41) is 19.5. The SMILES string of the molecule is CCCOC(CCCC(C)CC(C)CC(C)CC(C)CC(C)CC(C)O)OC(CCCC(C)CC(C)CC(C)CC(C)CC(C)CC(C)O)OCCC. The predicted octanol–water partition coefficient (Wildman–Crippen LogP) is 13.9. The molecule has 0 spiro atoms. The van der Waals surface area contributed by atoms with E-state index in [-0.39, 0.29) is 24.8 Å². The van der Waals surface area contributed by atoms with Crippen molar-refractivity contribution in [3.05, 3.63) is 0 Å². The van der Waals surface area contributed by atoms with Crippen molar-refractivity contribution in [3.8, 4) is 0 Å². The van der Waals surface area contributed by atoms with Crippen LogP contribution in [0.3, 0.4) is 0 Å². The number of hydrogen-bond acceptors (Lipinski definition) is 5. The van der Waals surface area contributed by atoms with Crippen molar-refractivity contribution in [1.29, 1.82) is 0 Å². The molecule has 5 heteroatoms. The fraction of sp³-hybridized carbons (Fsp3) is 1.00. The Bertz CT molecular complexity index is 739. The molecule has 14 unspecified atom stereocenters. The maximum Gasteiger partial charge on any atom is 0.160 e. The Morgan fingerprint density at radius 2 is 0.585 bits per heavy atom. The second kappa shape index (κ2) is 31.8. The molecule has 53 heavy (non-hydrogen) atoms. The minimum absolute atomic E-state index is 0.185. The average Bonchev–Trinajstić information content (AvgIpc) is 3.00. The lowest BCUT2D eigenvalue weighted by atomic mass is 9.82. The lowest BCUT2D eigenvalue weighted by Gasteiger charge is -2.27. The van der Waals surface area contributed by atoms with Gasteiger partial charge < -0.3 is 24.4 Å². The standard InChI is InChI=1S/C48H98O5/c1-15-23-51-47(21-17-19-35(3)25-37(5)27-39(7)29-41(9)31-43(11)33-45(13)49)53-48(52-24-16-2)22-18-20-36(4)26-38(6)28-40(8)30-42(10)32-44(12)34-46(14)50/h35-50H,15-34H2,1-14H3. The molecule has 320 valence electrons. The van der Waals surface area contributed by atoms with Gasteiger partial charge in [0.1, 0.15) is 0 Å². The van der Waals surface area contributed by atoms with Gasteiger partial charge in [0.25, 0.3) is 0 Å². The summed E-state index contributed by atoms with van der Waals surface area (Å²) < 4.78 is 19.1. The van der Waals surface area contributed by atoms with E-state index >= 15 is 0 Å². The van der Waals surface area contributed by atoms with E-state index in [1.807, 2.05) is 13.8 Å². The molecule has 0 aliphatic heterocycles. The first-order chi connectivity index (χ1) is 24.9. The first-order valence-electron chi connectivity index (χ1n) is 23.2. The Balaban J connectivity index is 4.72. The van der Waals surface area contributed by atoms with Crippen molar-refractivity contribution in [1.82, 2.24) is 0 Å². The number of rotatable bonds is 36. The fourth-order valence-corrected chi connectivity index (χ4v) is 9.98. The van der Waals surface area contributed by atoms with Crippen molar-refractivity contribution < 1.29 is 24.4 Å². The number of hydrogen-bond donors (Lipinski definition) is 2. The molecule has 0 aliphatic rings. The molecule has 0 aromatic heterocycles. The summed E-state index contributed by atoms with van der Waals surface area (Å²) in [4.78, 5) is 0. The molecule has 0 amide bonds. The van der Waals surface area contributed by atoms with Gasteiger partial charge in [-0.15, -0.1) is 0 Å². The molecule has 5 nitrogen and oxygen atoms in total. The van der Waals surface area contributed by atoms with Gasteiger partial charge in [-0.1, -0.05) is 95.9 Å². The zero-order valence-electron chi connectivity index (χ0n) is 38.3. The Hall–Kier alpha value is -0.200. The van der Waals surface area contributed by atoms with E-state index in [1.165, 1.54) is 64.2 Å².